The summed E-state index contributed by atoms with van der Waals surface area (Å²) in [7, 11) is 0. The zero-order chi connectivity index (χ0) is 28.4. The monoisotopic (exact) mass is 530 g/mol. The minimum atomic E-state index is -0.868. The molecule has 0 saturated heterocycles. The second kappa shape index (κ2) is 10.1. The maximum atomic E-state index is 12.7. The van der Waals surface area contributed by atoms with Crippen molar-refractivity contribution in [3.05, 3.63) is 22.8 Å². The second-order valence-electron chi connectivity index (χ2n) is 14.1. The predicted molar refractivity (Wildman–Crippen MR) is 147 cm³/mol. The van der Waals surface area contributed by atoms with E-state index in [-0.39, 0.29) is 53.0 Å². The van der Waals surface area contributed by atoms with Gasteiger partial charge in [0.05, 0.1) is 18.1 Å². The Balaban J connectivity index is 1.82. The number of hydrogen-bond donors (Lipinski definition) is 3. The van der Waals surface area contributed by atoms with Crippen LogP contribution in [0.1, 0.15) is 100 Å². The molecule has 4 aliphatic carbocycles. The van der Waals surface area contributed by atoms with Crippen molar-refractivity contribution in [3.8, 4) is 0 Å². The number of esters is 1. The quantitative estimate of drug-likeness (QED) is 0.301. The summed E-state index contributed by atoms with van der Waals surface area (Å²) in [6.45, 7) is 16.5. The minimum absolute atomic E-state index is 0.0111. The van der Waals surface area contributed by atoms with Crippen LogP contribution >= 0.6 is 0 Å². The molecule has 3 N–H and O–H groups in total. The highest BCUT2D eigenvalue weighted by Gasteiger charge is 2.72. The third-order valence-corrected chi connectivity index (χ3v) is 12.0. The Morgan fingerprint density at radius 3 is 2.26 bits per heavy atom. The number of hydrogen-bond acceptors (Lipinski definition) is 5. The fourth-order valence-corrected chi connectivity index (χ4v) is 10.2. The van der Waals surface area contributed by atoms with Crippen LogP contribution in [0.2, 0.25) is 0 Å². The average molecular weight is 531 g/mol. The molecule has 4 rings (SSSR count). The molecule has 0 bridgehead atoms. The van der Waals surface area contributed by atoms with Crippen molar-refractivity contribution in [1.82, 2.24) is 0 Å². The molecule has 214 valence electrons. The molecule has 2 unspecified atom stereocenters. The number of aliphatic hydroxyl groups is 2. The number of aliphatic hydroxyl groups excluding tert-OH is 2. The van der Waals surface area contributed by atoms with E-state index in [4.69, 9.17) is 4.74 Å². The first-order valence-corrected chi connectivity index (χ1v) is 14.7. The number of allylic oxidation sites excluding steroid dienone is 3. The molecule has 0 amide bonds. The molecule has 4 saturated carbocycles. The third kappa shape index (κ3) is 4.29. The van der Waals surface area contributed by atoms with Gasteiger partial charge in [0.2, 0.25) is 0 Å². The Morgan fingerprint density at radius 2 is 1.68 bits per heavy atom. The summed E-state index contributed by atoms with van der Waals surface area (Å²) in [4.78, 5) is 24.9. The van der Waals surface area contributed by atoms with E-state index < -0.39 is 29.5 Å². The van der Waals surface area contributed by atoms with Crippen molar-refractivity contribution in [1.29, 1.82) is 0 Å². The molecular weight excluding hydrogens is 480 g/mol. The second-order valence-corrected chi connectivity index (χ2v) is 14.1. The van der Waals surface area contributed by atoms with Gasteiger partial charge in [0.15, 0.2) is 0 Å². The number of fused-ring (bicyclic) bond motifs is 5. The highest BCUT2D eigenvalue weighted by atomic mass is 16.5. The maximum absolute atomic E-state index is 12.7. The summed E-state index contributed by atoms with van der Waals surface area (Å²) >= 11 is 0. The lowest BCUT2D eigenvalue weighted by molar-refractivity contribution is -0.252. The van der Waals surface area contributed by atoms with Gasteiger partial charge < -0.3 is 20.1 Å². The number of aliphatic carboxylic acids is 1. The number of carbonyl (C=O) groups excluding carboxylic acids is 1. The molecule has 6 heteroatoms. The number of carboxylic acids is 1. The van der Waals surface area contributed by atoms with Crippen LogP contribution in [0.25, 0.3) is 0 Å². The first-order chi connectivity index (χ1) is 17.6. The molecule has 0 spiro atoms. The molecule has 4 aliphatic rings. The zero-order valence-corrected chi connectivity index (χ0v) is 24.7. The lowest BCUT2D eigenvalue weighted by atomic mass is 9.35. The van der Waals surface area contributed by atoms with Gasteiger partial charge in [0.25, 0.3) is 0 Å². The zero-order valence-electron chi connectivity index (χ0n) is 24.7. The van der Waals surface area contributed by atoms with Crippen molar-refractivity contribution < 1.29 is 29.6 Å². The van der Waals surface area contributed by atoms with Gasteiger partial charge in [0, 0.05) is 6.92 Å². The van der Waals surface area contributed by atoms with Crippen LogP contribution in [0.5, 0.6) is 0 Å². The summed E-state index contributed by atoms with van der Waals surface area (Å²) in [6.07, 6.45) is 5.61. The van der Waals surface area contributed by atoms with E-state index in [0.717, 1.165) is 25.7 Å². The molecule has 4 fully saturated rings. The van der Waals surface area contributed by atoms with E-state index >= 15 is 0 Å². The van der Waals surface area contributed by atoms with E-state index in [1.54, 1.807) is 0 Å². The summed E-state index contributed by atoms with van der Waals surface area (Å²) < 4.78 is 5.99. The molecule has 0 aliphatic heterocycles. The lowest BCUT2D eigenvalue weighted by Gasteiger charge is -2.70. The van der Waals surface area contributed by atoms with Crippen LogP contribution in [-0.4, -0.2) is 45.6 Å². The summed E-state index contributed by atoms with van der Waals surface area (Å²) in [5.74, 6) is -1.98. The fourth-order valence-electron chi connectivity index (χ4n) is 10.2. The standard InChI is InChI=1S/C32H50O6/c1-17(2)10-9-11-18(3)27-22-14-25(35)28-30(6,31(22,7)16-26(27)38-20(5)33)13-12-21-19(4)24(34)15-23(29(36)37)32(21,28)8/h10,19,21-26,28,34-35H,9,11-16H2,1-8H3,(H,36,37)/t19-,21?,22+,23?,24+,25+,26-,28-,30-,31-,32+/m0/s1. The van der Waals surface area contributed by atoms with E-state index in [2.05, 4.69) is 54.5 Å². The molecule has 0 aromatic heterocycles. The largest absolute Gasteiger partial charge is 0.481 e. The van der Waals surface area contributed by atoms with Gasteiger partial charge in [-0.05, 0) is 111 Å². The fraction of sp³-hybridized carbons (Fsp3) is 0.812. The van der Waals surface area contributed by atoms with E-state index in [1.165, 1.54) is 23.6 Å². The van der Waals surface area contributed by atoms with Crippen LogP contribution in [0, 0.1) is 45.8 Å². The molecule has 6 nitrogen and oxygen atoms in total. The molecule has 0 heterocycles. The number of carboxylic acid groups (broad SMARTS) is 1. The first kappa shape index (κ1) is 29.3. The van der Waals surface area contributed by atoms with Crippen molar-refractivity contribution in [3.63, 3.8) is 0 Å². The highest BCUT2D eigenvalue weighted by Crippen LogP contribution is 2.75. The molecule has 0 aromatic carbocycles. The van der Waals surface area contributed by atoms with Gasteiger partial charge in [0.1, 0.15) is 6.10 Å². The molecule has 11 atom stereocenters. The predicted octanol–water partition coefficient (Wildman–Crippen LogP) is 5.91. The summed E-state index contributed by atoms with van der Waals surface area (Å²) in [5, 5.41) is 33.2. The normalized spacial score (nSPS) is 47.3. The lowest BCUT2D eigenvalue weighted by Crippen LogP contribution is -2.68. The third-order valence-electron chi connectivity index (χ3n) is 12.0. The van der Waals surface area contributed by atoms with Crippen molar-refractivity contribution in [2.75, 3.05) is 0 Å². The molecular formula is C32H50O6. The Kier molecular flexibility index (Phi) is 7.77. The van der Waals surface area contributed by atoms with Gasteiger partial charge >= 0.3 is 11.9 Å². The number of rotatable bonds is 5. The van der Waals surface area contributed by atoms with Crippen LogP contribution in [0.15, 0.2) is 22.8 Å². The summed E-state index contributed by atoms with van der Waals surface area (Å²) in [6, 6.07) is 0. The van der Waals surface area contributed by atoms with Crippen molar-refractivity contribution in [2.24, 2.45) is 45.8 Å². The Hall–Kier alpha value is -1.66. The van der Waals surface area contributed by atoms with Crippen molar-refractivity contribution >= 4 is 11.9 Å². The van der Waals surface area contributed by atoms with Gasteiger partial charge in [-0.2, -0.15) is 0 Å². The summed E-state index contributed by atoms with van der Waals surface area (Å²) in [5.41, 5.74) is 2.49. The van der Waals surface area contributed by atoms with Crippen LogP contribution in [0.4, 0.5) is 0 Å². The van der Waals surface area contributed by atoms with Crippen LogP contribution in [0.3, 0.4) is 0 Å². The van der Waals surface area contributed by atoms with Gasteiger partial charge in [-0.25, -0.2) is 0 Å². The Bertz CT molecular complexity index is 1020. The van der Waals surface area contributed by atoms with E-state index in [0.29, 0.717) is 12.8 Å². The minimum Gasteiger partial charge on any atom is -0.481 e. The smallest absolute Gasteiger partial charge is 0.307 e. The molecule has 0 radical (unpaired) electrons. The molecule has 0 aromatic rings. The maximum Gasteiger partial charge on any atom is 0.307 e. The Labute approximate surface area is 228 Å². The first-order valence-electron chi connectivity index (χ1n) is 14.7. The van der Waals surface area contributed by atoms with E-state index in [1.807, 2.05) is 0 Å². The van der Waals surface area contributed by atoms with Crippen LogP contribution < -0.4 is 0 Å². The van der Waals surface area contributed by atoms with Gasteiger partial charge in [-0.3, -0.25) is 9.59 Å². The van der Waals surface area contributed by atoms with Crippen LogP contribution in [-0.2, 0) is 14.3 Å². The topological polar surface area (TPSA) is 104 Å². The van der Waals surface area contributed by atoms with Gasteiger partial charge in [-0.1, -0.05) is 44.9 Å². The van der Waals surface area contributed by atoms with Crippen molar-refractivity contribution in [2.45, 2.75) is 119 Å². The van der Waals surface area contributed by atoms with Gasteiger partial charge in [-0.15, -0.1) is 0 Å². The SMILES string of the molecule is CC(=O)O[C@H]1C[C@@]2(C)[C@H](C[C@@H](O)[C@@H]3[C@@]4(C)C(C(=O)O)C[C@@H](O)[C@@H](C)C4CC[C@@]32C)C1=C(C)CCC=C(C)C. The average Bonchev–Trinajstić information content (AvgIpc) is 3.07. The highest BCUT2D eigenvalue weighted by molar-refractivity contribution is 5.71. The number of carbonyl (C=O) groups is 2. The molecule has 38 heavy (non-hydrogen) atoms. The Morgan fingerprint density at radius 1 is 1.03 bits per heavy atom. The number of ether oxygens (including phenoxy) is 1. The van der Waals surface area contributed by atoms with E-state index in [9.17, 15) is 24.9 Å².